The van der Waals surface area contributed by atoms with Crippen LogP contribution in [0.25, 0.3) is 11.1 Å². The number of ether oxygens (including phenoxy) is 1. The van der Waals surface area contributed by atoms with Crippen LogP contribution in [-0.4, -0.2) is 6.61 Å². The molecule has 0 spiro atoms. The van der Waals surface area contributed by atoms with E-state index in [1.54, 1.807) is 12.1 Å². The van der Waals surface area contributed by atoms with E-state index in [1.807, 2.05) is 12.1 Å². The molecule has 1 nitrogen and oxygen atoms in total. The maximum Gasteiger partial charge on any atom is 0.201 e. The molecule has 170 valence electrons. The van der Waals surface area contributed by atoms with Gasteiger partial charge in [0, 0.05) is 5.56 Å². The molecule has 0 radical (unpaired) electrons. The molecule has 0 aliphatic heterocycles. The molecule has 3 heteroatoms. The number of halogens is 2. The molecule has 1 aliphatic rings. The lowest BCUT2D eigenvalue weighted by Gasteiger charge is -2.28. The SMILES string of the molecule is CCCCCCCOc1ccc(-c2ccc(C3CCC(CCC)CC3)cc2)c(F)c1F. The molecule has 2 aromatic rings. The van der Waals surface area contributed by atoms with E-state index in [1.165, 1.54) is 56.9 Å². The predicted octanol–water partition coefficient (Wildman–Crippen LogP) is 9.05. The highest BCUT2D eigenvalue weighted by Crippen LogP contribution is 2.38. The molecule has 31 heavy (non-hydrogen) atoms. The zero-order valence-electron chi connectivity index (χ0n) is 19.3. The second-order valence-electron chi connectivity index (χ2n) is 9.13. The monoisotopic (exact) mass is 428 g/mol. The van der Waals surface area contributed by atoms with Gasteiger partial charge in [-0.05, 0) is 67.2 Å². The van der Waals surface area contributed by atoms with Gasteiger partial charge < -0.3 is 4.74 Å². The maximum absolute atomic E-state index is 14.7. The standard InChI is InChI=1S/C28H38F2O/c1-3-5-6-7-8-20-31-26-19-18-25(27(29)28(26)30)24-16-14-23(15-17-24)22-12-10-21(9-4-2)11-13-22/h14-19,21-22H,3-13,20H2,1-2H3. The molecule has 3 rings (SSSR count). The summed E-state index contributed by atoms with van der Waals surface area (Å²) in [4.78, 5) is 0. The van der Waals surface area contributed by atoms with Crippen LogP contribution in [0.3, 0.4) is 0 Å². The first-order valence-electron chi connectivity index (χ1n) is 12.3. The van der Waals surface area contributed by atoms with Gasteiger partial charge in [-0.25, -0.2) is 4.39 Å². The van der Waals surface area contributed by atoms with Crippen LogP contribution in [0.15, 0.2) is 36.4 Å². The molecule has 0 heterocycles. The third kappa shape index (κ3) is 6.54. The first-order chi connectivity index (χ1) is 15.1. The number of hydrogen-bond acceptors (Lipinski definition) is 1. The van der Waals surface area contributed by atoms with Crippen molar-refractivity contribution < 1.29 is 13.5 Å². The van der Waals surface area contributed by atoms with Crippen LogP contribution in [0, 0.1) is 17.6 Å². The van der Waals surface area contributed by atoms with Crippen molar-refractivity contribution in [1.82, 2.24) is 0 Å². The Morgan fingerprint density at radius 3 is 2.16 bits per heavy atom. The summed E-state index contributed by atoms with van der Waals surface area (Å²) in [6.45, 7) is 4.86. The third-order valence-corrected chi connectivity index (χ3v) is 6.79. The van der Waals surface area contributed by atoms with Gasteiger partial charge >= 0.3 is 0 Å². The first kappa shape index (κ1) is 23.8. The summed E-state index contributed by atoms with van der Waals surface area (Å²) in [6.07, 6.45) is 13.2. The fraction of sp³-hybridized carbons (Fsp3) is 0.571. The molecule has 0 saturated heterocycles. The van der Waals surface area contributed by atoms with Gasteiger partial charge in [0.2, 0.25) is 5.82 Å². The maximum atomic E-state index is 14.7. The summed E-state index contributed by atoms with van der Waals surface area (Å²) in [7, 11) is 0. The third-order valence-electron chi connectivity index (χ3n) is 6.79. The largest absolute Gasteiger partial charge is 0.490 e. The molecule has 0 N–H and O–H groups in total. The number of benzene rings is 2. The van der Waals surface area contributed by atoms with Gasteiger partial charge in [0.15, 0.2) is 11.6 Å². The Bertz CT molecular complexity index is 791. The minimum absolute atomic E-state index is 0.0113. The van der Waals surface area contributed by atoms with Gasteiger partial charge in [0.25, 0.3) is 0 Å². The van der Waals surface area contributed by atoms with E-state index in [0.717, 1.165) is 25.2 Å². The van der Waals surface area contributed by atoms with Gasteiger partial charge in [0.1, 0.15) is 0 Å². The first-order valence-corrected chi connectivity index (χ1v) is 12.3. The molecule has 1 saturated carbocycles. The van der Waals surface area contributed by atoms with E-state index in [0.29, 0.717) is 23.7 Å². The van der Waals surface area contributed by atoms with E-state index in [-0.39, 0.29) is 5.75 Å². The second kappa shape index (κ2) is 12.2. The Kier molecular flexibility index (Phi) is 9.36. The van der Waals surface area contributed by atoms with Crippen LogP contribution in [0.5, 0.6) is 5.75 Å². The van der Waals surface area contributed by atoms with Crippen LogP contribution < -0.4 is 4.74 Å². The van der Waals surface area contributed by atoms with Crippen LogP contribution >= 0.6 is 0 Å². The molecular formula is C28H38F2O. The fourth-order valence-electron chi connectivity index (χ4n) is 4.88. The van der Waals surface area contributed by atoms with Gasteiger partial charge in [0.05, 0.1) is 6.61 Å². The van der Waals surface area contributed by atoms with Crippen LogP contribution in [0.1, 0.15) is 96.0 Å². The van der Waals surface area contributed by atoms with Crippen molar-refractivity contribution in [3.8, 4) is 16.9 Å². The smallest absolute Gasteiger partial charge is 0.201 e. The normalized spacial score (nSPS) is 18.8. The van der Waals surface area contributed by atoms with E-state index in [4.69, 9.17) is 4.74 Å². The van der Waals surface area contributed by atoms with Crippen molar-refractivity contribution in [2.45, 2.75) is 90.4 Å². The quantitative estimate of drug-likeness (QED) is 0.324. The van der Waals surface area contributed by atoms with Crippen molar-refractivity contribution in [3.05, 3.63) is 53.6 Å². The Hall–Kier alpha value is -1.90. The summed E-state index contributed by atoms with van der Waals surface area (Å²) in [5.74, 6) is -0.218. The Morgan fingerprint density at radius 1 is 0.774 bits per heavy atom. The van der Waals surface area contributed by atoms with Gasteiger partial charge in [-0.2, -0.15) is 4.39 Å². The summed E-state index contributed by atoms with van der Waals surface area (Å²) >= 11 is 0. The number of rotatable bonds is 11. The van der Waals surface area contributed by atoms with Crippen LogP contribution in [-0.2, 0) is 0 Å². The molecular weight excluding hydrogens is 390 g/mol. The summed E-state index contributed by atoms with van der Waals surface area (Å²) in [5.41, 5.74) is 2.33. The zero-order chi connectivity index (χ0) is 22.1. The molecule has 0 amide bonds. The molecule has 0 atom stereocenters. The highest BCUT2D eigenvalue weighted by Gasteiger charge is 2.22. The molecule has 0 unspecified atom stereocenters. The summed E-state index contributed by atoms with van der Waals surface area (Å²) < 4.78 is 34.8. The minimum atomic E-state index is -0.885. The van der Waals surface area contributed by atoms with Crippen molar-refractivity contribution >= 4 is 0 Å². The van der Waals surface area contributed by atoms with E-state index < -0.39 is 11.6 Å². The lowest BCUT2D eigenvalue weighted by Crippen LogP contribution is -2.13. The lowest BCUT2D eigenvalue weighted by molar-refractivity contribution is 0.285. The molecule has 1 aliphatic carbocycles. The Balaban J connectivity index is 1.59. The highest BCUT2D eigenvalue weighted by atomic mass is 19.2. The van der Waals surface area contributed by atoms with Gasteiger partial charge in [-0.15, -0.1) is 0 Å². The van der Waals surface area contributed by atoms with E-state index in [2.05, 4.69) is 26.0 Å². The van der Waals surface area contributed by atoms with Gasteiger partial charge in [-0.1, -0.05) is 76.6 Å². The minimum Gasteiger partial charge on any atom is -0.490 e. The van der Waals surface area contributed by atoms with E-state index in [9.17, 15) is 8.78 Å². The van der Waals surface area contributed by atoms with Crippen LogP contribution in [0.2, 0.25) is 0 Å². The average molecular weight is 429 g/mol. The summed E-state index contributed by atoms with van der Waals surface area (Å²) in [5, 5.41) is 0. The number of unbranched alkanes of at least 4 members (excludes halogenated alkanes) is 4. The van der Waals surface area contributed by atoms with Crippen molar-refractivity contribution in [2.75, 3.05) is 6.61 Å². The average Bonchev–Trinajstić information content (AvgIpc) is 2.80. The lowest BCUT2D eigenvalue weighted by atomic mass is 9.77. The van der Waals surface area contributed by atoms with Crippen molar-refractivity contribution in [3.63, 3.8) is 0 Å². The summed E-state index contributed by atoms with van der Waals surface area (Å²) in [6, 6.07) is 11.2. The topological polar surface area (TPSA) is 9.23 Å². The van der Waals surface area contributed by atoms with Crippen LogP contribution in [0.4, 0.5) is 8.78 Å². The predicted molar refractivity (Wildman–Crippen MR) is 126 cm³/mol. The highest BCUT2D eigenvalue weighted by molar-refractivity contribution is 5.65. The van der Waals surface area contributed by atoms with Crippen molar-refractivity contribution in [2.24, 2.45) is 5.92 Å². The molecule has 0 aromatic heterocycles. The fourth-order valence-corrected chi connectivity index (χ4v) is 4.88. The Labute approximate surface area is 187 Å². The zero-order valence-corrected chi connectivity index (χ0v) is 19.3. The second-order valence-corrected chi connectivity index (χ2v) is 9.13. The van der Waals surface area contributed by atoms with Crippen molar-refractivity contribution in [1.29, 1.82) is 0 Å². The van der Waals surface area contributed by atoms with E-state index >= 15 is 0 Å². The molecule has 0 bridgehead atoms. The molecule has 1 fully saturated rings. The molecule has 2 aromatic carbocycles. The number of hydrogen-bond donors (Lipinski definition) is 0. The Morgan fingerprint density at radius 2 is 1.48 bits per heavy atom. The van der Waals surface area contributed by atoms with Gasteiger partial charge in [-0.3, -0.25) is 0 Å².